The van der Waals surface area contributed by atoms with Gasteiger partial charge in [-0.2, -0.15) is 0 Å². The maximum absolute atomic E-state index is 10.9. The summed E-state index contributed by atoms with van der Waals surface area (Å²) < 4.78 is 74.6. The van der Waals surface area contributed by atoms with Crippen molar-refractivity contribution in [3.8, 4) is 0 Å². The predicted octanol–water partition coefficient (Wildman–Crippen LogP) is 22.0. The predicted molar refractivity (Wildman–Crippen MR) is 334 cm³/mol. The maximum atomic E-state index is 10.9. The second-order valence-electron chi connectivity index (χ2n) is 23.2. The molecule has 77 heavy (non-hydrogen) atoms. The van der Waals surface area contributed by atoms with Crippen molar-refractivity contribution < 1.29 is 34.3 Å². The Bertz CT molecular complexity index is 1290. The van der Waals surface area contributed by atoms with Gasteiger partial charge in [0.2, 0.25) is 20.8 Å². The van der Waals surface area contributed by atoms with E-state index in [1.165, 1.54) is 308 Å². The molecule has 2 atom stereocenters. The largest absolute Gasteiger partial charge is 2.00 e. The molecule has 0 spiro atoms. The molecule has 0 amide bonds. The maximum Gasteiger partial charge on any atom is 2.00 e. The number of unbranched alkanes of at least 4 members (excludes halogenated alkanes) is 48. The molecule has 0 aliphatic rings. The smallest absolute Gasteiger partial charge is 0.726 e. The number of allylic oxidation sites excluding steroid dienone is 2. The van der Waals surface area contributed by atoms with Crippen molar-refractivity contribution in [2.24, 2.45) is 11.8 Å². The van der Waals surface area contributed by atoms with Crippen LogP contribution in [0.25, 0.3) is 0 Å². The Morgan fingerprint density at radius 1 is 0.286 bits per heavy atom. The Balaban J connectivity index is -0.00000140. The molecule has 0 bridgehead atoms. The second kappa shape index (κ2) is 67.3. The van der Waals surface area contributed by atoms with Crippen LogP contribution in [-0.4, -0.2) is 76.9 Å². The first-order valence-electron chi connectivity index (χ1n) is 33.5. The molecule has 0 rings (SSSR count). The van der Waals surface area contributed by atoms with Gasteiger partial charge in [-0.15, -0.1) is 0 Å². The van der Waals surface area contributed by atoms with Crippen LogP contribution < -0.4 is 0 Å². The standard InChI is InChI=1S/2C33H66O4S.Ca/c2*1-3-5-7-9-11-13-15-16-17-18-19-20-21-23-25-27-29-31-33(32-37-38(34,35)36)30-28-26-24-22-14-12-10-8-6-4-2;/h2*28,30,33H,3-27,29,31-32H2,1-2H3,(H,34,35,36);/q;;+2/p-2/b2*30-28+;. The molecule has 2 unspecified atom stereocenters. The van der Waals surface area contributed by atoms with E-state index in [0.29, 0.717) is 0 Å². The van der Waals surface area contributed by atoms with E-state index in [1.54, 1.807) is 0 Å². The molecule has 0 saturated heterocycles. The Hall–Kier alpha value is 0.480. The van der Waals surface area contributed by atoms with Gasteiger partial charge in [-0.25, -0.2) is 16.8 Å². The molecule has 8 nitrogen and oxygen atoms in total. The molecule has 0 heterocycles. The number of hydrogen-bond acceptors (Lipinski definition) is 8. The fourth-order valence-corrected chi connectivity index (χ4v) is 11.1. The first-order valence-corrected chi connectivity index (χ1v) is 36.2. The zero-order valence-corrected chi connectivity index (χ0v) is 55.7. The minimum absolute atomic E-state index is 0. The summed E-state index contributed by atoms with van der Waals surface area (Å²) in [5.74, 6) is 0.0354. The quantitative estimate of drug-likeness (QED) is 0.0193. The summed E-state index contributed by atoms with van der Waals surface area (Å²) in [5, 5.41) is 0. The van der Waals surface area contributed by atoms with Gasteiger partial charge in [-0.1, -0.05) is 360 Å². The molecular formula is C66H130CaO8S2. The van der Waals surface area contributed by atoms with Gasteiger partial charge < -0.3 is 9.11 Å². The van der Waals surface area contributed by atoms with Gasteiger partial charge in [0.15, 0.2) is 0 Å². The van der Waals surface area contributed by atoms with Crippen LogP contribution in [0, 0.1) is 11.8 Å². The molecule has 0 aliphatic heterocycles. The monoisotopic (exact) mass is 1150 g/mol. The van der Waals surface area contributed by atoms with E-state index in [2.05, 4.69) is 60.4 Å². The summed E-state index contributed by atoms with van der Waals surface area (Å²) in [4.78, 5) is 0. The molecule has 0 aromatic rings. The summed E-state index contributed by atoms with van der Waals surface area (Å²) in [6.45, 7) is 9.02. The molecule has 0 aromatic heterocycles. The minimum atomic E-state index is -4.62. The molecule has 0 aromatic carbocycles. The molecule has 11 heteroatoms. The fourth-order valence-electron chi connectivity index (χ4n) is 10.4. The zero-order chi connectivity index (χ0) is 56.0. The Labute approximate surface area is 512 Å². The van der Waals surface area contributed by atoms with Crippen LogP contribution in [0.4, 0.5) is 0 Å². The summed E-state index contributed by atoms with van der Waals surface area (Å²) in [5.41, 5.74) is 0. The SMILES string of the molecule is CCCCCCCCCC/C=C/C(CCCCCCCCCCCCCCCCCCC)COS(=O)(=O)[O-].CCCCCCCCCC/C=C/C(CCCCCCCCCCCCCCCCCCC)COS(=O)(=O)[O-].[Ca+2]. The third kappa shape index (κ3) is 76.5. The van der Waals surface area contributed by atoms with E-state index in [1.807, 2.05) is 0 Å². The molecule has 0 N–H and O–H groups in total. The van der Waals surface area contributed by atoms with Crippen molar-refractivity contribution in [2.75, 3.05) is 13.2 Å². The van der Waals surface area contributed by atoms with Crippen molar-refractivity contribution in [1.29, 1.82) is 0 Å². The molecular weight excluding hydrogens is 1020 g/mol. The van der Waals surface area contributed by atoms with Gasteiger partial charge in [0.05, 0.1) is 13.2 Å². The Kier molecular flexibility index (Phi) is 71.4. The van der Waals surface area contributed by atoms with Crippen LogP contribution in [0.5, 0.6) is 0 Å². The van der Waals surface area contributed by atoms with Gasteiger partial charge in [0.25, 0.3) is 0 Å². The molecule has 0 saturated carbocycles. The van der Waals surface area contributed by atoms with Crippen molar-refractivity contribution in [2.45, 2.75) is 374 Å². The van der Waals surface area contributed by atoms with Gasteiger partial charge in [0.1, 0.15) is 0 Å². The fraction of sp³-hybridized carbons (Fsp3) is 0.939. The van der Waals surface area contributed by atoms with Crippen LogP contribution >= 0.6 is 0 Å². The number of rotatable bonds is 62. The molecule has 0 aliphatic carbocycles. The van der Waals surface area contributed by atoms with Gasteiger partial charge >= 0.3 is 37.7 Å². The van der Waals surface area contributed by atoms with Crippen molar-refractivity contribution in [3.63, 3.8) is 0 Å². The van der Waals surface area contributed by atoms with E-state index >= 15 is 0 Å². The van der Waals surface area contributed by atoms with Crippen LogP contribution in [0.3, 0.4) is 0 Å². The third-order valence-electron chi connectivity index (χ3n) is 15.5. The minimum Gasteiger partial charge on any atom is -0.726 e. The molecule has 0 radical (unpaired) electrons. The normalized spacial score (nSPS) is 12.9. The van der Waals surface area contributed by atoms with Crippen LogP contribution in [0.1, 0.15) is 374 Å². The summed E-state index contributed by atoms with van der Waals surface area (Å²) in [6, 6.07) is 0. The molecule has 0 fully saturated rings. The third-order valence-corrected chi connectivity index (χ3v) is 16.3. The van der Waals surface area contributed by atoms with E-state index < -0.39 is 20.8 Å². The first-order chi connectivity index (χ1) is 37.0. The van der Waals surface area contributed by atoms with Crippen molar-refractivity contribution in [1.82, 2.24) is 0 Å². The molecule has 456 valence electrons. The van der Waals surface area contributed by atoms with Crippen molar-refractivity contribution in [3.05, 3.63) is 24.3 Å². The Morgan fingerprint density at radius 3 is 0.636 bits per heavy atom. The average Bonchev–Trinajstić information content (AvgIpc) is 3.39. The van der Waals surface area contributed by atoms with E-state index in [4.69, 9.17) is 0 Å². The van der Waals surface area contributed by atoms with E-state index in [0.717, 1.165) is 38.5 Å². The Morgan fingerprint density at radius 2 is 0.455 bits per heavy atom. The van der Waals surface area contributed by atoms with Crippen LogP contribution in [-0.2, 0) is 29.2 Å². The van der Waals surface area contributed by atoms with Gasteiger partial charge in [-0.05, 0) is 38.5 Å². The van der Waals surface area contributed by atoms with E-state index in [-0.39, 0.29) is 62.8 Å². The average molecular weight is 1160 g/mol. The number of hydrogen-bond donors (Lipinski definition) is 0. The van der Waals surface area contributed by atoms with Crippen LogP contribution in [0.15, 0.2) is 24.3 Å². The van der Waals surface area contributed by atoms with Gasteiger partial charge in [0, 0.05) is 11.8 Å². The second-order valence-corrected chi connectivity index (χ2v) is 25.3. The summed E-state index contributed by atoms with van der Waals surface area (Å²) in [6.07, 6.45) is 79.1. The van der Waals surface area contributed by atoms with Crippen molar-refractivity contribution >= 4 is 58.5 Å². The van der Waals surface area contributed by atoms with Gasteiger partial charge in [-0.3, -0.25) is 8.37 Å². The zero-order valence-electron chi connectivity index (χ0n) is 51.9. The van der Waals surface area contributed by atoms with E-state index in [9.17, 15) is 25.9 Å². The summed E-state index contributed by atoms with van der Waals surface area (Å²) in [7, 11) is -9.23. The topological polar surface area (TPSA) is 133 Å². The van der Waals surface area contributed by atoms with Crippen LogP contribution in [0.2, 0.25) is 0 Å². The first kappa shape index (κ1) is 81.7. The summed E-state index contributed by atoms with van der Waals surface area (Å²) >= 11 is 0.